The van der Waals surface area contributed by atoms with Gasteiger partial charge in [0.15, 0.2) is 0 Å². The van der Waals surface area contributed by atoms with Gasteiger partial charge >= 0.3 is 12.0 Å². The van der Waals surface area contributed by atoms with Gasteiger partial charge in [0.1, 0.15) is 0 Å². The predicted molar refractivity (Wildman–Crippen MR) is 73.6 cm³/mol. The normalized spacial score (nSPS) is 25.1. The smallest absolute Gasteiger partial charge is 0.315 e. The van der Waals surface area contributed by atoms with Gasteiger partial charge in [0.25, 0.3) is 0 Å². The lowest BCUT2D eigenvalue weighted by molar-refractivity contribution is -0.136. The Morgan fingerprint density at radius 3 is 2.70 bits per heavy atom. The van der Waals surface area contributed by atoms with Crippen LogP contribution in [-0.4, -0.2) is 41.9 Å². The van der Waals surface area contributed by atoms with E-state index >= 15 is 0 Å². The molecule has 1 spiro atoms. The first kappa shape index (κ1) is 15.1. The molecule has 1 saturated carbocycles. The molecule has 1 aliphatic heterocycles. The zero-order valence-electron chi connectivity index (χ0n) is 11.8. The van der Waals surface area contributed by atoms with Crippen molar-refractivity contribution in [3.8, 4) is 0 Å². The number of carboxylic acids is 1. The van der Waals surface area contributed by atoms with E-state index in [9.17, 15) is 9.59 Å². The van der Waals surface area contributed by atoms with Gasteiger partial charge in [-0.1, -0.05) is 19.3 Å². The molecule has 2 aliphatic rings. The predicted octanol–water partition coefficient (Wildman–Crippen LogP) is 1.64. The summed E-state index contributed by atoms with van der Waals surface area (Å²) in [5.74, 6) is -0.905. The molecule has 6 nitrogen and oxygen atoms in total. The summed E-state index contributed by atoms with van der Waals surface area (Å²) in [6.45, 7) is 0.857. The van der Waals surface area contributed by atoms with Crippen molar-refractivity contribution >= 4 is 12.0 Å². The Morgan fingerprint density at radius 2 is 2.00 bits per heavy atom. The summed E-state index contributed by atoms with van der Waals surface area (Å²) in [6.07, 6.45) is 7.52. The minimum atomic E-state index is -0.905. The average Bonchev–Trinajstić information content (AvgIpc) is 2.39. The zero-order valence-corrected chi connectivity index (χ0v) is 11.8. The molecule has 0 aromatic heterocycles. The third kappa shape index (κ3) is 4.37. The summed E-state index contributed by atoms with van der Waals surface area (Å²) in [5, 5.41) is 14.0. The van der Waals surface area contributed by atoms with Crippen LogP contribution in [0.15, 0.2) is 0 Å². The number of aliphatic carboxylic acids is 1. The van der Waals surface area contributed by atoms with Crippen molar-refractivity contribution in [1.29, 1.82) is 0 Å². The van der Waals surface area contributed by atoms with Crippen LogP contribution in [0.5, 0.6) is 0 Å². The summed E-state index contributed by atoms with van der Waals surface area (Å²) < 4.78 is 5.98. The maximum atomic E-state index is 11.7. The lowest BCUT2D eigenvalue weighted by Crippen LogP contribution is -2.51. The molecule has 20 heavy (non-hydrogen) atoms. The summed E-state index contributed by atoms with van der Waals surface area (Å²) in [6, 6.07) is -0.143. The molecule has 3 N–H and O–H groups in total. The number of hydrogen-bond donors (Lipinski definition) is 3. The number of nitrogens with one attached hydrogen (secondary N) is 2. The van der Waals surface area contributed by atoms with Crippen LogP contribution in [0.2, 0.25) is 0 Å². The van der Waals surface area contributed by atoms with Gasteiger partial charge in [-0.05, 0) is 25.7 Å². The standard InChI is InChI=1S/C14H24N2O4/c17-12(18)4-8-15-13(19)16-11-5-9-20-14(10-11)6-2-1-3-7-14/h11H,1-10H2,(H,17,18)(H2,15,16,19). The van der Waals surface area contributed by atoms with E-state index in [4.69, 9.17) is 9.84 Å². The Bertz CT molecular complexity index is 348. The minimum Gasteiger partial charge on any atom is -0.481 e. The topological polar surface area (TPSA) is 87.7 Å². The second-order valence-corrected chi connectivity index (χ2v) is 5.83. The summed E-state index contributed by atoms with van der Waals surface area (Å²) >= 11 is 0. The number of hydrogen-bond acceptors (Lipinski definition) is 3. The van der Waals surface area contributed by atoms with E-state index in [0.29, 0.717) is 6.61 Å². The van der Waals surface area contributed by atoms with Crippen LogP contribution in [0.3, 0.4) is 0 Å². The van der Waals surface area contributed by atoms with Gasteiger partial charge in [0.2, 0.25) is 0 Å². The lowest BCUT2D eigenvalue weighted by atomic mass is 9.78. The molecule has 2 amide bonds. The van der Waals surface area contributed by atoms with Crippen molar-refractivity contribution in [3.05, 3.63) is 0 Å². The Balaban J connectivity index is 1.74. The van der Waals surface area contributed by atoms with Crippen LogP contribution in [0, 0.1) is 0 Å². The first-order valence-corrected chi connectivity index (χ1v) is 7.50. The van der Waals surface area contributed by atoms with Gasteiger partial charge in [0, 0.05) is 19.2 Å². The summed E-state index contributed by atoms with van der Waals surface area (Å²) in [4.78, 5) is 22.1. The first-order chi connectivity index (χ1) is 9.60. The number of carbonyl (C=O) groups is 2. The number of amides is 2. The van der Waals surface area contributed by atoms with E-state index in [1.54, 1.807) is 0 Å². The molecule has 2 fully saturated rings. The second kappa shape index (κ2) is 6.92. The van der Waals surface area contributed by atoms with Crippen LogP contribution in [0.4, 0.5) is 4.79 Å². The molecule has 0 radical (unpaired) electrons. The van der Waals surface area contributed by atoms with Gasteiger partial charge in [-0.2, -0.15) is 0 Å². The number of rotatable bonds is 4. The molecule has 0 aromatic carbocycles. The van der Waals surface area contributed by atoms with Crippen molar-refractivity contribution in [1.82, 2.24) is 10.6 Å². The Morgan fingerprint density at radius 1 is 1.25 bits per heavy atom. The SMILES string of the molecule is O=C(O)CCNC(=O)NC1CCOC2(CCCCC2)C1. The average molecular weight is 284 g/mol. The summed E-state index contributed by atoms with van der Waals surface area (Å²) in [7, 11) is 0. The monoisotopic (exact) mass is 284 g/mol. The first-order valence-electron chi connectivity index (χ1n) is 7.50. The number of urea groups is 1. The highest BCUT2D eigenvalue weighted by Crippen LogP contribution is 2.38. The molecule has 1 heterocycles. The van der Waals surface area contributed by atoms with Crippen LogP contribution in [0.1, 0.15) is 51.4 Å². The summed E-state index contributed by atoms with van der Waals surface area (Å²) in [5.41, 5.74) is -0.0322. The number of carboxylic acid groups (broad SMARTS) is 1. The van der Waals surface area contributed by atoms with Gasteiger partial charge < -0.3 is 20.5 Å². The van der Waals surface area contributed by atoms with E-state index < -0.39 is 5.97 Å². The van der Waals surface area contributed by atoms with Crippen LogP contribution < -0.4 is 10.6 Å². The molecule has 0 bridgehead atoms. The van der Waals surface area contributed by atoms with Crippen LogP contribution in [-0.2, 0) is 9.53 Å². The Labute approximate surface area is 119 Å². The molecule has 1 aliphatic carbocycles. The van der Waals surface area contributed by atoms with E-state index in [2.05, 4.69) is 10.6 Å². The van der Waals surface area contributed by atoms with Crippen molar-refractivity contribution in [3.63, 3.8) is 0 Å². The van der Waals surface area contributed by atoms with Gasteiger partial charge in [-0.3, -0.25) is 4.79 Å². The molecule has 6 heteroatoms. The molecule has 2 rings (SSSR count). The highest BCUT2D eigenvalue weighted by atomic mass is 16.5. The van der Waals surface area contributed by atoms with Crippen LogP contribution in [0.25, 0.3) is 0 Å². The van der Waals surface area contributed by atoms with Crippen LogP contribution >= 0.6 is 0 Å². The second-order valence-electron chi connectivity index (χ2n) is 5.83. The molecular weight excluding hydrogens is 260 g/mol. The largest absolute Gasteiger partial charge is 0.481 e. The Hall–Kier alpha value is -1.30. The van der Waals surface area contributed by atoms with Crippen molar-refractivity contribution < 1.29 is 19.4 Å². The Kier molecular flexibility index (Phi) is 5.23. The zero-order chi connectivity index (χ0) is 14.4. The number of carbonyl (C=O) groups excluding carboxylic acids is 1. The highest BCUT2D eigenvalue weighted by molar-refractivity contribution is 5.75. The molecule has 0 aromatic rings. The molecular formula is C14H24N2O4. The third-order valence-electron chi connectivity index (χ3n) is 4.22. The molecule has 1 saturated heterocycles. The maximum absolute atomic E-state index is 11.7. The maximum Gasteiger partial charge on any atom is 0.315 e. The fourth-order valence-electron chi connectivity index (χ4n) is 3.21. The number of ether oxygens (including phenoxy) is 1. The molecule has 1 unspecified atom stereocenters. The van der Waals surface area contributed by atoms with Crippen molar-refractivity contribution in [2.75, 3.05) is 13.2 Å². The van der Waals surface area contributed by atoms with Gasteiger partial charge in [-0.25, -0.2) is 4.79 Å². The van der Waals surface area contributed by atoms with Gasteiger partial charge in [-0.15, -0.1) is 0 Å². The van der Waals surface area contributed by atoms with E-state index in [1.165, 1.54) is 19.3 Å². The van der Waals surface area contributed by atoms with Crippen molar-refractivity contribution in [2.45, 2.75) is 63.0 Å². The van der Waals surface area contributed by atoms with Gasteiger partial charge in [0.05, 0.1) is 12.0 Å². The van der Waals surface area contributed by atoms with E-state index in [-0.39, 0.29) is 30.6 Å². The highest BCUT2D eigenvalue weighted by Gasteiger charge is 2.38. The third-order valence-corrected chi connectivity index (χ3v) is 4.22. The van der Waals surface area contributed by atoms with E-state index in [0.717, 1.165) is 25.7 Å². The molecule has 1 atom stereocenters. The fraction of sp³-hybridized carbons (Fsp3) is 0.857. The van der Waals surface area contributed by atoms with Crippen molar-refractivity contribution in [2.24, 2.45) is 0 Å². The quantitative estimate of drug-likeness (QED) is 0.732. The van der Waals surface area contributed by atoms with E-state index in [1.807, 2.05) is 0 Å². The lowest BCUT2D eigenvalue weighted by Gasteiger charge is -2.43. The fourth-order valence-corrected chi connectivity index (χ4v) is 3.21. The molecule has 114 valence electrons. The minimum absolute atomic E-state index is 0.0322.